The molecule has 0 atom stereocenters. The number of nitrogens with zero attached hydrogens (tertiary/aromatic N) is 3. The van der Waals surface area contributed by atoms with Crippen molar-refractivity contribution in [2.45, 2.75) is 32.7 Å². The fraction of sp³-hybridized carbons (Fsp3) is 0.316. The Morgan fingerprint density at radius 3 is 2.93 bits per heavy atom. The minimum Gasteiger partial charge on any atom is -0.491 e. The van der Waals surface area contributed by atoms with Gasteiger partial charge in [0.1, 0.15) is 11.4 Å². The number of hydrogen-bond acceptors (Lipinski definition) is 5. The van der Waals surface area contributed by atoms with Crippen molar-refractivity contribution < 1.29 is 9.53 Å². The number of benzene rings is 1. The lowest BCUT2D eigenvalue weighted by Crippen LogP contribution is -2.10. The molecule has 1 aliphatic heterocycles. The Hall–Kier alpha value is -2.31. The molecule has 6 nitrogen and oxygen atoms in total. The fourth-order valence-electron chi connectivity index (χ4n) is 3.50. The average Bonchev–Trinajstić information content (AvgIpc) is 3.23. The molecule has 0 unspecified atom stereocenters. The fourth-order valence-corrected chi connectivity index (χ4v) is 4.15. The van der Waals surface area contributed by atoms with E-state index in [0.717, 1.165) is 22.9 Å². The van der Waals surface area contributed by atoms with Crippen LogP contribution >= 0.6 is 23.2 Å². The molecule has 3 heterocycles. The first-order chi connectivity index (χ1) is 13.0. The van der Waals surface area contributed by atoms with Crippen LogP contribution in [0.3, 0.4) is 0 Å². The van der Waals surface area contributed by atoms with Crippen molar-refractivity contribution >= 4 is 46.0 Å². The van der Waals surface area contributed by atoms with Crippen molar-refractivity contribution in [3.8, 4) is 17.0 Å². The molecule has 140 valence electrons. The molecule has 0 amide bonds. The second kappa shape index (κ2) is 7.02. The molecule has 27 heavy (non-hydrogen) atoms. The lowest BCUT2D eigenvalue weighted by molar-refractivity contribution is -0.119. The molecule has 0 radical (unpaired) electrons. The number of Topliss-reactive ketones (excluding diaryl/α,β-unsaturated/α-hetero) is 1. The molecule has 0 bridgehead atoms. The molecular formula is C19H18Cl2N4O2. The van der Waals surface area contributed by atoms with Crippen molar-refractivity contribution in [1.29, 1.82) is 0 Å². The van der Waals surface area contributed by atoms with Crippen LogP contribution < -0.4 is 10.5 Å². The maximum atomic E-state index is 12.1. The zero-order valence-corrected chi connectivity index (χ0v) is 16.3. The summed E-state index contributed by atoms with van der Waals surface area (Å²) in [4.78, 5) is 20.9. The van der Waals surface area contributed by atoms with E-state index in [0.29, 0.717) is 46.6 Å². The molecule has 0 fully saturated rings. The van der Waals surface area contributed by atoms with Crippen LogP contribution in [0.2, 0.25) is 10.0 Å². The summed E-state index contributed by atoms with van der Waals surface area (Å²) in [7, 11) is 0. The summed E-state index contributed by atoms with van der Waals surface area (Å²) < 4.78 is 7.46. The Bertz CT molecular complexity index is 1060. The standard InChI is InChI=1S/C19H18Cl2N4O2/c1-2-3-10(26)9-25-6-4-12-16(23-19(22)24-18(12)25)15-11-5-7-27-17(11)14(21)8-13(15)20/h4,6,8H,2-3,5,7,9H2,1H3,(H2,22,23,24). The smallest absolute Gasteiger partial charge is 0.222 e. The van der Waals surface area contributed by atoms with Gasteiger partial charge in [-0.2, -0.15) is 4.98 Å². The van der Waals surface area contributed by atoms with Crippen LogP contribution in [0.15, 0.2) is 18.3 Å². The summed E-state index contributed by atoms with van der Waals surface area (Å²) in [6, 6.07) is 3.55. The third kappa shape index (κ3) is 3.13. The summed E-state index contributed by atoms with van der Waals surface area (Å²) in [5, 5.41) is 1.75. The number of nitrogen functional groups attached to an aromatic ring is 1. The first-order valence-electron chi connectivity index (χ1n) is 8.77. The highest BCUT2D eigenvalue weighted by molar-refractivity contribution is 6.38. The minimum atomic E-state index is 0.124. The van der Waals surface area contributed by atoms with Gasteiger partial charge in [0, 0.05) is 35.6 Å². The van der Waals surface area contributed by atoms with Gasteiger partial charge < -0.3 is 15.0 Å². The Kier molecular flexibility index (Phi) is 4.70. The van der Waals surface area contributed by atoms with E-state index < -0.39 is 0 Å². The van der Waals surface area contributed by atoms with Gasteiger partial charge in [0.25, 0.3) is 0 Å². The van der Waals surface area contributed by atoms with Gasteiger partial charge in [0.05, 0.1) is 28.9 Å². The number of ether oxygens (including phenoxy) is 1. The molecule has 1 aromatic carbocycles. The number of anilines is 1. The average molecular weight is 405 g/mol. The van der Waals surface area contributed by atoms with Gasteiger partial charge >= 0.3 is 0 Å². The summed E-state index contributed by atoms with van der Waals surface area (Å²) in [6.45, 7) is 2.77. The van der Waals surface area contributed by atoms with Gasteiger partial charge in [-0.15, -0.1) is 0 Å². The van der Waals surface area contributed by atoms with Crippen molar-refractivity contribution in [2.75, 3.05) is 12.3 Å². The van der Waals surface area contributed by atoms with Gasteiger partial charge in [0.15, 0.2) is 5.78 Å². The number of carbonyl (C=O) groups excluding carboxylic acids is 1. The van der Waals surface area contributed by atoms with Crippen LogP contribution in [-0.4, -0.2) is 26.9 Å². The first kappa shape index (κ1) is 18.1. The van der Waals surface area contributed by atoms with Crippen molar-refractivity contribution in [3.63, 3.8) is 0 Å². The van der Waals surface area contributed by atoms with E-state index >= 15 is 0 Å². The van der Waals surface area contributed by atoms with Gasteiger partial charge in [-0.05, 0) is 18.6 Å². The topological polar surface area (TPSA) is 83.0 Å². The number of halogens is 2. The minimum absolute atomic E-state index is 0.124. The Morgan fingerprint density at radius 2 is 2.15 bits per heavy atom. The third-order valence-electron chi connectivity index (χ3n) is 4.63. The van der Waals surface area contributed by atoms with Crippen LogP contribution in [0.1, 0.15) is 25.3 Å². The van der Waals surface area contributed by atoms with Gasteiger partial charge in [0.2, 0.25) is 5.95 Å². The van der Waals surface area contributed by atoms with Crippen LogP contribution in [0.4, 0.5) is 5.95 Å². The summed E-state index contributed by atoms with van der Waals surface area (Å²) in [5.74, 6) is 0.908. The molecule has 1 aliphatic rings. The number of carbonyl (C=O) groups is 1. The van der Waals surface area contributed by atoms with Crippen molar-refractivity contribution in [2.24, 2.45) is 0 Å². The van der Waals surface area contributed by atoms with E-state index in [1.165, 1.54) is 0 Å². The molecule has 3 aromatic rings. The van der Waals surface area contributed by atoms with Crippen LogP contribution in [0.25, 0.3) is 22.3 Å². The number of rotatable bonds is 5. The quantitative estimate of drug-likeness (QED) is 0.685. The van der Waals surface area contributed by atoms with E-state index in [-0.39, 0.29) is 18.3 Å². The zero-order valence-electron chi connectivity index (χ0n) is 14.8. The summed E-state index contributed by atoms with van der Waals surface area (Å²) in [5.41, 5.74) is 8.90. The van der Waals surface area contributed by atoms with E-state index in [4.69, 9.17) is 33.7 Å². The van der Waals surface area contributed by atoms with E-state index in [9.17, 15) is 4.79 Å². The highest BCUT2D eigenvalue weighted by Gasteiger charge is 2.26. The molecule has 0 saturated carbocycles. The first-order valence-corrected chi connectivity index (χ1v) is 9.53. The molecule has 2 aromatic heterocycles. The van der Waals surface area contributed by atoms with Gasteiger partial charge in [-0.3, -0.25) is 4.79 Å². The van der Waals surface area contributed by atoms with E-state index in [2.05, 4.69) is 9.97 Å². The molecule has 2 N–H and O–H groups in total. The second-order valence-corrected chi connectivity index (χ2v) is 7.34. The van der Waals surface area contributed by atoms with Gasteiger partial charge in [-0.1, -0.05) is 30.1 Å². The maximum absolute atomic E-state index is 12.1. The van der Waals surface area contributed by atoms with Crippen LogP contribution in [0.5, 0.6) is 5.75 Å². The molecular weight excluding hydrogens is 387 g/mol. The second-order valence-electron chi connectivity index (χ2n) is 6.52. The number of nitrogens with two attached hydrogens (primary N) is 1. The Balaban J connectivity index is 1.91. The number of ketones is 1. The number of fused-ring (bicyclic) bond motifs is 2. The van der Waals surface area contributed by atoms with E-state index in [1.807, 2.05) is 19.2 Å². The Labute approximate surface area is 166 Å². The van der Waals surface area contributed by atoms with Crippen molar-refractivity contribution in [1.82, 2.24) is 14.5 Å². The zero-order chi connectivity index (χ0) is 19.1. The lowest BCUT2D eigenvalue weighted by Gasteiger charge is -2.12. The monoisotopic (exact) mass is 404 g/mol. The largest absolute Gasteiger partial charge is 0.491 e. The molecule has 4 rings (SSSR count). The van der Waals surface area contributed by atoms with Gasteiger partial charge in [-0.25, -0.2) is 4.98 Å². The highest BCUT2D eigenvalue weighted by atomic mass is 35.5. The molecule has 0 aliphatic carbocycles. The SMILES string of the molecule is CCCC(=O)Cn1ccc2c(-c3c(Cl)cc(Cl)c4c3CCO4)nc(N)nc21. The number of hydrogen-bond donors (Lipinski definition) is 1. The number of aromatic nitrogens is 3. The normalized spacial score (nSPS) is 13.0. The Morgan fingerprint density at radius 1 is 1.33 bits per heavy atom. The van der Waals surface area contributed by atoms with Crippen LogP contribution in [0, 0.1) is 0 Å². The summed E-state index contributed by atoms with van der Waals surface area (Å²) in [6.07, 6.45) is 3.86. The van der Waals surface area contributed by atoms with Crippen LogP contribution in [-0.2, 0) is 17.8 Å². The van der Waals surface area contributed by atoms with E-state index in [1.54, 1.807) is 10.6 Å². The van der Waals surface area contributed by atoms with Crippen molar-refractivity contribution in [3.05, 3.63) is 33.9 Å². The predicted octanol–water partition coefficient (Wildman–Crippen LogP) is 4.29. The lowest BCUT2D eigenvalue weighted by atomic mass is 10.00. The highest BCUT2D eigenvalue weighted by Crippen LogP contribution is 2.45. The third-order valence-corrected chi connectivity index (χ3v) is 5.21. The molecule has 0 saturated heterocycles. The predicted molar refractivity (Wildman–Crippen MR) is 107 cm³/mol. The molecule has 8 heteroatoms. The summed E-state index contributed by atoms with van der Waals surface area (Å²) >= 11 is 12.8. The maximum Gasteiger partial charge on any atom is 0.222 e. The molecule has 0 spiro atoms.